The number of hydrazine groups is 1. The first-order valence-corrected chi connectivity index (χ1v) is 5.35. The number of fused-ring (bicyclic) bond motifs is 2. The Bertz CT molecular complexity index is 167. The second kappa shape index (κ2) is 3.56. The molecule has 0 spiro atoms. The van der Waals surface area contributed by atoms with Crippen molar-refractivity contribution in [3.8, 4) is 0 Å². The van der Waals surface area contributed by atoms with Crippen LogP contribution in [0.25, 0.3) is 0 Å². The SMILES string of the molecule is CNC1CC2CCC(C1)N2N(C)C. The molecular formula is C10H21N3. The molecule has 3 nitrogen and oxygen atoms in total. The predicted molar refractivity (Wildman–Crippen MR) is 54.4 cm³/mol. The van der Waals surface area contributed by atoms with Crippen LogP contribution in [-0.4, -0.2) is 49.3 Å². The topological polar surface area (TPSA) is 18.5 Å². The molecule has 2 aliphatic heterocycles. The van der Waals surface area contributed by atoms with Gasteiger partial charge in [0.05, 0.1) is 0 Å². The van der Waals surface area contributed by atoms with Crippen LogP contribution in [0.15, 0.2) is 0 Å². The van der Waals surface area contributed by atoms with E-state index >= 15 is 0 Å². The molecule has 0 radical (unpaired) electrons. The van der Waals surface area contributed by atoms with Crippen molar-refractivity contribution in [1.29, 1.82) is 0 Å². The van der Waals surface area contributed by atoms with Gasteiger partial charge in [0.15, 0.2) is 0 Å². The minimum atomic E-state index is 0.758. The molecule has 2 unspecified atom stereocenters. The van der Waals surface area contributed by atoms with E-state index in [4.69, 9.17) is 0 Å². The Morgan fingerprint density at radius 2 is 1.69 bits per heavy atom. The highest BCUT2D eigenvalue weighted by Crippen LogP contribution is 2.35. The number of rotatable bonds is 2. The van der Waals surface area contributed by atoms with E-state index in [0.29, 0.717) is 0 Å². The van der Waals surface area contributed by atoms with E-state index in [-0.39, 0.29) is 0 Å². The lowest BCUT2D eigenvalue weighted by Crippen LogP contribution is -2.53. The monoisotopic (exact) mass is 183 g/mol. The van der Waals surface area contributed by atoms with Gasteiger partial charge in [-0.1, -0.05) is 0 Å². The maximum Gasteiger partial charge on any atom is 0.0264 e. The van der Waals surface area contributed by atoms with Crippen molar-refractivity contribution in [3.05, 3.63) is 0 Å². The van der Waals surface area contributed by atoms with Gasteiger partial charge in [0.2, 0.25) is 0 Å². The van der Waals surface area contributed by atoms with E-state index in [0.717, 1.165) is 18.1 Å². The first kappa shape index (κ1) is 9.44. The Balaban J connectivity index is 2.04. The summed E-state index contributed by atoms with van der Waals surface area (Å²) in [5.41, 5.74) is 0. The van der Waals surface area contributed by atoms with Crippen LogP contribution in [0.3, 0.4) is 0 Å². The second-order valence-electron chi connectivity index (χ2n) is 4.57. The van der Waals surface area contributed by atoms with Crippen molar-refractivity contribution in [2.45, 2.75) is 43.8 Å². The summed E-state index contributed by atoms with van der Waals surface area (Å²) in [7, 11) is 6.44. The number of nitrogens with one attached hydrogen (secondary N) is 1. The van der Waals surface area contributed by atoms with Crippen LogP contribution in [0, 0.1) is 0 Å². The number of piperidine rings is 1. The smallest absolute Gasteiger partial charge is 0.0264 e. The predicted octanol–water partition coefficient (Wildman–Crippen LogP) is 0.678. The molecule has 2 atom stereocenters. The fourth-order valence-corrected chi connectivity index (χ4v) is 3.04. The summed E-state index contributed by atoms with van der Waals surface area (Å²) >= 11 is 0. The third-order valence-electron chi connectivity index (χ3n) is 3.56. The van der Waals surface area contributed by atoms with Gasteiger partial charge >= 0.3 is 0 Å². The summed E-state index contributed by atoms with van der Waals surface area (Å²) in [6, 6.07) is 2.35. The van der Waals surface area contributed by atoms with Gasteiger partial charge in [-0.15, -0.1) is 0 Å². The standard InChI is InChI=1S/C10H21N3/c1-11-8-6-9-4-5-10(7-8)13(9)12(2)3/h8-11H,4-7H2,1-3H3. The number of hydrogen-bond acceptors (Lipinski definition) is 3. The van der Waals surface area contributed by atoms with Crippen molar-refractivity contribution in [3.63, 3.8) is 0 Å². The van der Waals surface area contributed by atoms with Crippen molar-refractivity contribution >= 4 is 0 Å². The molecule has 3 heteroatoms. The highest BCUT2D eigenvalue weighted by atomic mass is 15.6. The zero-order chi connectivity index (χ0) is 9.42. The molecule has 0 aromatic carbocycles. The lowest BCUT2D eigenvalue weighted by Gasteiger charge is -2.42. The molecule has 0 saturated carbocycles. The van der Waals surface area contributed by atoms with Crippen LogP contribution < -0.4 is 5.32 Å². The van der Waals surface area contributed by atoms with E-state index in [1.807, 2.05) is 0 Å². The van der Waals surface area contributed by atoms with Crippen LogP contribution in [0.2, 0.25) is 0 Å². The van der Waals surface area contributed by atoms with Crippen LogP contribution in [0.4, 0.5) is 0 Å². The van der Waals surface area contributed by atoms with Gasteiger partial charge in [-0.2, -0.15) is 0 Å². The largest absolute Gasteiger partial charge is 0.317 e. The van der Waals surface area contributed by atoms with Crippen molar-refractivity contribution < 1.29 is 0 Å². The van der Waals surface area contributed by atoms with Crippen molar-refractivity contribution in [1.82, 2.24) is 15.3 Å². The van der Waals surface area contributed by atoms with Crippen LogP contribution in [0.5, 0.6) is 0 Å². The fourth-order valence-electron chi connectivity index (χ4n) is 3.04. The molecule has 76 valence electrons. The second-order valence-corrected chi connectivity index (χ2v) is 4.57. The molecule has 2 bridgehead atoms. The molecule has 2 fully saturated rings. The van der Waals surface area contributed by atoms with Gasteiger partial charge < -0.3 is 5.32 Å². The summed E-state index contributed by atoms with van der Waals surface area (Å²) in [6.45, 7) is 0. The Hall–Kier alpha value is -0.120. The van der Waals surface area contributed by atoms with E-state index in [9.17, 15) is 0 Å². The van der Waals surface area contributed by atoms with Gasteiger partial charge in [-0.3, -0.25) is 0 Å². The van der Waals surface area contributed by atoms with E-state index < -0.39 is 0 Å². The van der Waals surface area contributed by atoms with Gasteiger partial charge in [0.25, 0.3) is 0 Å². The van der Waals surface area contributed by atoms with Crippen LogP contribution in [0.1, 0.15) is 25.7 Å². The molecule has 0 aromatic rings. The Morgan fingerprint density at radius 3 is 2.08 bits per heavy atom. The molecule has 2 aliphatic rings. The lowest BCUT2D eigenvalue weighted by molar-refractivity contribution is -0.0542. The minimum Gasteiger partial charge on any atom is -0.317 e. The zero-order valence-corrected chi connectivity index (χ0v) is 8.95. The first-order chi connectivity index (χ1) is 6.22. The fraction of sp³-hybridized carbons (Fsp3) is 1.00. The maximum absolute atomic E-state index is 3.42. The van der Waals surface area contributed by atoms with Gasteiger partial charge in [-0.25, -0.2) is 10.0 Å². The van der Waals surface area contributed by atoms with Crippen molar-refractivity contribution in [2.24, 2.45) is 0 Å². The summed E-state index contributed by atoms with van der Waals surface area (Å²) in [5, 5.41) is 8.28. The van der Waals surface area contributed by atoms with Gasteiger partial charge in [0.1, 0.15) is 0 Å². The molecule has 0 aliphatic carbocycles. The average molecular weight is 183 g/mol. The van der Waals surface area contributed by atoms with Crippen LogP contribution in [-0.2, 0) is 0 Å². The summed E-state index contributed by atoms with van der Waals surface area (Å²) < 4.78 is 0. The molecular weight excluding hydrogens is 162 g/mol. The third-order valence-corrected chi connectivity index (χ3v) is 3.56. The molecule has 1 N–H and O–H groups in total. The number of hydrogen-bond donors (Lipinski definition) is 1. The maximum atomic E-state index is 3.42. The van der Waals surface area contributed by atoms with Gasteiger partial charge in [-0.05, 0) is 32.7 Å². The summed E-state index contributed by atoms with van der Waals surface area (Å²) in [4.78, 5) is 0. The van der Waals surface area contributed by atoms with Gasteiger partial charge in [0, 0.05) is 32.2 Å². The third kappa shape index (κ3) is 1.60. The Morgan fingerprint density at radius 1 is 1.15 bits per heavy atom. The number of nitrogens with zero attached hydrogens (tertiary/aromatic N) is 2. The molecule has 2 heterocycles. The van der Waals surface area contributed by atoms with E-state index in [2.05, 4.69) is 36.5 Å². The Kier molecular flexibility index (Phi) is 2.58. The molecule has 2 saturated heterocycles. The summed E-state index contributed by atoms with van der Waals surface area (Å²) in [6.07, 6.45) is 5.43. The molecule has 2 rings (SSSR count). The Labute approximate surface area is 81.1 Å². The van der Waals surface area contributed by atoms with E-state index in [1.54, 1.807) is 0 Å². The highest BCUT2D eigenvalue weighted by Gasteiger charge is 2.41. The minimum absolute atomic E-state index is 0.758. The normalized spacial score (nSPS) is 40.2. The zero-order valence-electron chi connectivity index (χ0n) is 8.95. The average Bonchev–Trinajstić information content (AvgIpc) is 2.37. The van der Waals surface area contributed by atoms with E-state index in [1.165, 1.54) is 25.7 Å². The summed E-state index contributed by atoms with van der Waals surface area (Å²) in [5.74, 6) is 0. The molecule has 13 heavy (non-hydrogen) atoms. The highest BCUT2D eigenvalue weighted by molar-refractivity contribution is 4.95. The first-order valence-electron chi connectivity index (χ1n) is 5.35. The van der Waals surface area contributed by atoms with Crippen LogP contribution >= 0.6 is 0 Å². The molecule has 0 aromatic heterocycles. The quantitative estimate of drug-likeness (QED) is 0.679. The van der Waals surface area contributed by atoms with Crippen molar-refractivity contribution in [2.75, 3.05) is 21.1 Å². The molecule has 0 amide bonds. The lowest BCUT2D eigenvalue weighted by atomic mass is 9.99.